The second-order valence-electron chi connectivity index (χ2n) is 3.95. The Morgan fingerprint density at radius 1 is 1.40 bits per heavy atom. The predicted octanol–water partition coefficient (Wildman–Crippen LogP) is 2.51. The van der Waals surface area contributed by atoms with Crippen molar-refractivity contribution in [2.24, 2.45) is 0 Å². The average Bonchev–Trinajstić information content (AvgIpc) is 2.20. The van der Waals surface area contributed by atoms with Crippen LogP contribution in [0.25, 0.3) is 0 Å². The maximum absolute atomic E-state index is 5.85. The fourth-order valence-electron chi connectivity index (χ4n) is 1.20. The molecule has 3 heteroatoms. The molecular weight excluding hydrogens is 188 g/mol. The quantitative estimate of drug-likeness (QED) is 0.773. The van der Waals surface area contributed by atoms with E-state index in [9.17, 15) is 0 Å². The summed E-state index contributed by atoms with van der Waals surface area (Å²) in [6.45, 7) is 4.14. The molecule has 0 saturated carbocycles. The summed E-state index contributed by atoms with van der Waals surface area (Å²) in [6, 6.07) is 5.84. The van der Waals surface area contributed by atoms with Crippen molar-refractivity contribution in [3.05, 3.63) is 18.2 Å². The molecule has 0 aliphatic carbocycles. The first kappa shape index (κ1) is 11.7. The van der Waals surface area contributed by atoms with Crippen molar-refractivity contribution >= 4 is 11.4 Å². The largest absolute Gasteiger partial charge is 0.488 e. The highest BCUT2D eigenvalue weighted by Crippen LogP contribution is 2.27. The first-order valence-electron chi connectivity index (χ1n) is 5.28. The van der Waals surface area contributed by atoms with E-state index in [0.29, 0.717) is 5.69 Å². The Morgan fingerprint density at radius 2 is 2.07 bits per heavy atom. The molecule has 1 atom stereocenters. The van der Waals surface area contributed by atoms with Gasteiger partial charge in [-0.3, -0.25) is 0 Å². The first-order chi connectivity index (χ1) is 7.04. The van der Waals surface area contributed by atoms with Crippen molar-refractivity contribution in [3.63, 3.8) is 0 Å². The van der Waals surface area contributed by atoms with Gasteiger partial charge < -0.3 is 15.4 Å². The molecule has 0 fully saturated rings. The van der Waals surface area contributed by atoms with Crippen molar-refractivity contribution < 1.29 is 4.74 Å². The van der Waals surface area contributed by atoms with Crippen LogP contribution < -0.4 is 15.4 Å². The van der Waals surface area contributed by atoms with Gasteiger partial charge in [0.1, 0.15) is 5.75 Å². The average molecular weight is 208 g/mol. The second-order valence-corrected chi connectivity index (χ2v) is 3.95. The molecule has 3 nitrogen and oxygen atoms in total. The number of hydrogen-bond acceptors (Lipinski definition) is 3. The van der Waals surface area contributed by atoms with Gasteiger partial charge in [0.25, 0.3) is 0 Å². The fraction of sp³-hybridized carbons (Fsp3) is 0.500. The van der Waals surface area contributed by atoms with Crippen LogP contribution in [-0.4, -0.2) is 20.2 Å². The van der Waals surface area contributed by atoms with Crippen molar-refractivity contribution in [1.82, 2.24) is 0 Å². The van der Waals surface area contributed by atoms with Gasteiger partial charge in [0.05, 0.1) is 11.8 Å². The van der Waals surface area contributed by atoms with Crippen LogP contribution in [0.15, 0.2) is 18.2 Å². The minimum atomic E-state index is 0.199. The summed E-state index contributed by atoms with van der Waals surface area (Å²) >= 11 is 0. The van der Waals surface area contributed by atoms with E-state index in [-0.39, 0.29) is 6.10 Å². The Kier molecular flexibility index (Phi) is 3.83. The normalized spacial score (nSPS) is 12.3. The van der Waals surface area contributed by atoms with E-state index in [2.05, 4.69) is 6.92 Å². The van der Waals surface area contributed by atoms with Gasteiger partial charge in [-0.1, -0.05) is 6.92 Å². The zero-order valence-electron chi connectivity index (χ0n) is 9.95. The van der Waals surface area contributed by atoms with E-state index in [1.165, 1.54) is 0 Å². The van der Waals surface area contributed by atoms with Crippen LogP contribution in [-0.2, 0) is 0 Å². The van der Waals surface area contributed by atoms with Gasteiger partial charge in [0.15, 0.2) is 0 Å². The third-order valence-corrected chi connectivity index (χ3v) is 2.42. The number of nitrogens with two attached hydrogens (primary N) is 1. The lowest BCUT2D eigenvalue weighted by atomic mass is 10.2. The Balaban J connectivity index is 2.90. The molecule has 0 heterocycles. The van der Waals surface area contributed by atoms with Gasteiger partial charge >= 0.3 is 0 Å². The summed E-state index contributed by atoms with van der Waals surface area (Å²) in [5, 5.41) is 0. The lowest BCUT2D eigenvalue weighted by Gasteiger charge is -2.18. The number of nitrogens with zero attached hydrogens (tertiary/aromatic N) is 1. The molecule has 1 unspecified atom stereocenters. The number of anilines is 2. The molecule has 1 aromatic rings. The minimum absolute atomic E-state index is 0.199. The molecule has 15 heavy (non-hydrogen) atoms. The van der Waals surface area contributed by atoms with Gasteiger partial charge in [-0.2, -0.15) is 0 Å². The van der Waals surface area contributed by atoms with E-state index in [0.717, 1.165) is 17.9 Å². The molecule has 1 rings (SSSR count). The van der Waals surface area contributed by atoms with Gasteiger partial charge in [-0.25, -0.2) is 0 Å². The minimum Gasteiger partial charge on any atom is -0.488 e. The number of nitrogen functional groups attached to an aromatic ring is 1. The first-order valence-corrected chi connectivity index (χ1v) is 5.28. The van der Waals surface area contributed by atoms with Gasteiger partial charge in [0.2, 0.25) is 0 Å². The summed E-state index contributed by atoms with van der Waals surface area (Å²) in [5.41, 5.74) is 7.64. The summed E-state index contributed by atoms with van der Waals surface area (Å²) in [4.78, 5) is 2.03. The summed E-state index contributed by atoms with van der Waals surface area (Å²) in [5.74, 6) is 0.774. The van der Waals surface area contributed by atoms with E-state index in [1.807, 2.05) is 44.1 Å². The van der Waals surface area contributed by atoms with Crippen LogP contribution in [0.4, 0.5) is 11.4 Å². The smallest absolute Gasteiger partial charge is 0.144 e. The highest BCUT2D eigenvalue weighted by Gasteiger charge is 2.06. The summed E-state index contributed by atoms with van der Waals surface area (Å²) in [7, 11) is 4.00. The van der Waals surface area contributed by atoms with Gasteiger partial charge in [-0.15, -0.1) is 0 Å². The fourth-order valence-corrected chi connectivity index (χ4v) is 1.20. The highest BCUT2D eigenvalue weighted by molar-refractivity contribution is 5.61. The Bertz CT molecular complexity index is 323. The van der Waals surface area contributed by atoms with Crippen LogP contribution in [0.2, 0.25) is 0 Å². The van der Waals surface area contributed by atoms with Gasteiger partial charge in [0, 0.05) is 25.8 Å². The zero-order valence-corrected chi connectivity index (χ0v) is 9.95. The maximum Gasteiger partial charge on any atom is 0.144 e. The van der Waals surface area contributed by atoms with E-state index in [4.69, 9.17) is 10.5 Å². The number of hydrogen-bond donors (Lipinski definition) is 1. The van der Waals surface area contributed by atoms with Crippen LogP contribution in [0, 0.1) is 0 Å². The SMILES string of the molecule is CCC(C)Oc1cc(N(C)C)ccc1N. The topological polar surface area (TPSA) is 38.5 Å². The van der Waals surface area contributed by atoms with Crippen molar-refractivity contribution in [3.8, 4) is 5.75 Å². The van der Waals surface area contributed by atoms with Crippen LogP contribution in [0.5, 0.6) is 5.75 Å². The molecule has 0 aliphatic heterocycles. The lowest BCUT2D eigenvalue weighted by Crippen LogP contribution is -2.13. The molecule has 0 aromatic heterocycles. The molecule has 0 spiro atoms. The van der Waals surface area contributed by atoms with E-state index >= 15 is 0 Å². The Morgan fingerprint density at radius 3 is 2.60 bits per heavy atom. The molecule has 0 radical (unpaired) electrons. The van der Waals surface area contributed by atoms with Crippen molar-refractivity contribution in [2.75, 3.05) is 24.7 Å². The van der Waals surface area contributed by atoms with Crippen LogP contribution in [0.1, 0.15) is 20.3 Å². The van der Waals surface area contributed by atoms with Crippen LogP contribution >= 0.6 is 0 Å². The summed E-state index contributed by atoms with van der Waals surface area (Å²) in [6.07, 6.45) is 1.18. The third kappa shape index (κ3) is 3.05. The molecular formula is C12H20N2O. The Hall–Kier alpha value is -1.38. The Labute approximate surface area is 91.8 Å². The molecule has 84 valence electrons. The predicted molar refractivity (Wildman–Crippen MR) is 65.6 cm³/mol. The number of ether oxygens (including phenoxy) is 1. The molecule has 0 aliphatic rings. The maximum atomic E-state index is 5.85. The van der Waals surface area contributed by atoms with E-state index < -0.39 is 0 Å². The number of benzene rings is 1. The molecule has 0 amide bonds. The molecule has 2 N–H and O–H groups in total. The zero-order chi connectivity index (χ0) is 11.4. The third-order valence-electron chi connectivity index (χ3n) is 2.42. The number of rotatable bonds is 4. The monoisotopic (exact) mass is 208 g/mol. The molecule has 0 bridgehead atoms. The standard InChI is InChI=1S/C12H20N2O/c1-5-9(2)15-12-8-10(14(3)4)6-7-11(12)13/h6-9H,5,13H2,1-4H3. The highest BCUT2D eigenvalue weighted by atomic mass is 16.5. The molecule has 1 aromatic carbocycles. The molecule has 0 saturated heterocycles. The second kappa shape index (κ2) is 4.91. The van der Waals surface area contributed by atoms with Crippen molar-refractivity contribution in [1.29, 1.82) is 0 Å². The van der Waals surface area contributed by atoms with E-state index in [1.54, 1.807) is 0 Å². The van der Waals surface area contributed by atoms with Crippen molar-refractivity contribution in [2.45, 2.75) is 26.4 Å². The lowest BCUT2D eigenvalue weighted by molar-refractivity contribution is 0.219. The van der Waals surface area contributed by atoms with Crippen LogP contribution in [0.3, 0.4) is 0 Å². The van der Waals surface area contributed by atoms with Gasteiger partial charge in [-0.05, 0) is 25.5 Å². The summed E-state index contributed by atoms with van der Waals surface area (Å²) < 4.78 is 5.73.